The van der Waals surface area contributed by atoms with Crippen LogP contribution in [0.25, 0.3) is 0 Å². The van der Waals surface area contributed by atoms with Crippen molar-refractivity contribution in [3.8, 4) is 0 Å². The van der Waals surface area contributed by atoms with Gasteiger partial charge in [-0.05, 0) is 6.92 Å². The summed E-state index contributed by atoms with van der Waals surface area (Å²) in [5, 5.41) is 38.8. The Balaban J connectivity index is 1.57. The average molecular weight is 534 g/mol. The lowest BCUT2D eigenvalue weighted by molar-refractivity contribution is -0.245. The molecule has 0 saturated carbocycles. The summed E-state index contributed by atoms with van der Waals surface area (Å²) in [6.45, 7) is 0.0394. The predicted octanol–water partition coefficient (Wildman–Crippen LogP) is -2.82. The van der Waals surface area contributed by atoms with Crippen LogP contribution >= 0.6 is 15.6 Å². The Morgan fingerprint density at radius 1 is 1.12 bits per heavy atom. The summed E-state index contributed by atoms with van der Waals surface area (Å²) < 4.78 is 48.4. The van der Waals surface area contributed by atoms with Gasteiger partial charge < -0.3 is 39.7 Å². The maximum atomic E-state index is 12.1. The Labute approximate surface area is 190 Å². The first-order valence-electron chi connectivity index (χ1n) is 9.70. The lowest BCUT2D eigenvalue weighted by Gasteiger charge is -2.35. The minimum absolute atomic E-state index is 0.150. The Kier molecular flexibility index (Phi) is 8.32. The van der Waals surface area contributed by atoms with E-state index >= 15 is 0 Å². The molecule has 9 unspecified atom stereocenters. The van der Waals surface area contributed by atoms with E-state index < -0.39 is 83.1 Å². The highest BCUT2D eigenvalue weighted by Crippen LogP contribution is 2.61. The summed E-state index contributed by atoms with van der Waals surface area (Å²) in [5.41, 5.74) is -1.22. The second kappa shape index (κ2) is 10.4. The molecule has 9 atom stereocenters. The van der Waals surface area contributed by atoms with E-state index in [1.165, 1.54) is 13.1 Å². The lowest BCUT2D eigenvalue weighted by Crippen LogP contribution is -2.53. The quantitative estimate of drug-likeness (QED) is 0.166. The van der Waals surface area contributed by atoms with Crippen molar-refractivity contribution in [3.63, 3.8) is 0 Å². The summed E-state index contributed by atoms with van der Waals surface area (Å²) >= 11 is 0. The number of aromatic amines is 1. The number of nitrogens with one attached hydrogen (secondary N) is 1. The first kappa shape index (κ1) is 27.3. The Morgan fingerprint density at radius 3 is 2.47 bits per heavy atom. The molecule has 0 aliphatic carbocycles. The summed E-state index contributed by atoms with van der Waals surface area (Å²) in [5.74, 6) is 0. The van der Waals surface area contributed by atoms with Crippen molar-refractivity contribution in [2.75, 3.05) is 13.2 Å². The maximum Gasteiger partial charge on any atom is 0.483 e. The molecule has 2 aliphatic heterocycles. The van der Waals surface area contributed by atoms with Gasteiger partial charge in [0, 0.05) is 18.2 Å². The summed E-state index contributed by atoms with van der Waals surface area (Å²) in [7, 11) is -10.7. The van der Waals surface area contributed by atoms with E-state index in [2.05, 4.69) is 18.3 Å². The van der Waals surface area contributed by atoms with Gasteiger partial charge in [-0.15, -0.1) is 0 Å². The Bertz CT molecular complexity index is 1090. The van der Waals surface area contributed by atoms with Crippen LogP contribution in [0.4, 0.5) is 0 Å². The smallest absolute Gasteiger partial charge is 0.390 e. The second-order valence-electron chi connectivity index (χ2n) is 7.58. The molecule has 0 amide bonds. The van der Waals surface area contributed by atoms with Gasteiger partial charge in [-0.3, -0.25) is 23.4 Å². The molecule has 1 aromatic rings. The van der Waals surface area contributed by atoms with Crippen LogP contribution in [0.5, 0.6) is 0 Å². The highest BCUT2D eigenvalue weighted by Gasteiger charge is 2.45. The first-order valence-corrected chi connectivity index (χ1v) is 12.7. The maximum absolute atomic E-state index is 12.1. The Hall–Kier alpha value is -1.30. The zero-order valence-corrected chi connectivity index (χ0v) is 19.2. The fraction of sp³-hybridized carbons (Fsp3) is 0.733. The molecule has 34 heavy (non-hydrogen) atoms. The second-order valence-corrected chi connectivity index (χ2v) is 10.6. The van der Waals surface area contributed by atoms with E-state index in [0.29, 0.717) is 0 Å². The molecular formula is C15H24N2O15P2. The predicted molar refractivity (Wildman–Crippen MR) is 106 cm³/mol. The first-order chi connectivity index (χ1) is 15.7. The molecule has 19 heteroatoms. The van der Waals surface area contributed by atoms with E-state index in [1.54, 1.807) is 0 Å². The van der Waals surface area contributed by atoms with Gasteiger partial charge in [0.15, 0.2) is 6.29 Å². The summed E-state index contributed by atoms with van der Waals surface area (Å²) in [6, 6.07) is 0. The van der Waals surface area contributed by atoms with Crippen molar-refractivity contribution in [2.45, 2.75) is 56.4 Å². The summed E-state index contributed by atoms with van der Waals surface area (Å²) in [4.78, 5) is 45.0. The Morgan fingerprint density at radius 2 is 1.79 bits per heavy atom. The number of H-pyrrole nitrogens is 1. The SMILES string of the molecule is Cc1cn(C2CC(O)C(COP(=O)(O)OP(=O)(O)OC3OCC(O)C(O)C3O)O2)c(=O)[nH]c1=O. The van der Waals surface area contributed by atoms with E-state index in [0.717, 1.165) is 4.57 Å². The van der Waals surface area contributed by atoms with Crippen LogP contribution < -0.4 is 11.2 Å². The molecule has 17 nitrogen and oxygen atoms in total. The van der Waals surface area contributed by atoms with E-state index in [1.807, 2.05) is 0 Å². The van der Waals surface area contributed by atoms with Crippen molar-refractivity contribution in [3.05, 3.63) is 32.6 Å². The van der Waals surface area contributed by atoms with Gasteiger partial charge in [0.25, 0.3) is 5.56 Å². The van der Waals surface area contributed by atoms with E-state index in [4.69, 9.17) is 9.47 Å². The van der Waals surface area contributed by atoms with Crippen molar-refractivity contribution in [1.29, 1.82) is 0 Å². The zero-order valence-electron chi connectivity index (χ0n) is 17.4. The molecule has 2 aliphatic rings. The highest BCUT2D eigenvalue weighted by molar-refractivity contribution is 7.61. The van der Waals surface area contributed by atoms with Gasteiger partial charge in [0.1, 0.15) is 30.6 Å². The number of aromatic nitrogens is 2. The number of hydrogen-bond donors (Lipinski definition) is 7. The number of aliphatic hydroxyl groups is 4. The molecule has 0 spiro atoms. The molecule has 3 rings (SSSR count). The van der Waals surface area contributed by atoms with Gasteiger partial charge >= 0.3 is 21.3 Å². The number of phosphoric ester groups is 2. The number of rotatable bonds is 8. The third-order valence-corrected chi connectivity index (χ3v) is 7.56. The molecule has 0 radical (unpaired) electrons. The van der Waals surface area contributed by atoms with Gasteiger partial charge in [-0.25, -0.2) is 13.9 Å². The zero-order chi connectivity index (χ0) is 25.4. The van der Waals surface area contributed by atoms with Crippen molar-refractivity contribution in [2.24, 2.45) is 0 Å². The number of hydrogen-bond acceptors (Lipinski definition) is 13. The summed E-state index contributed by atoms with van der Waals surface area (Å²) in [6.07, 6.45) is -9.80. The largest absolute Gasteiger partial charge is 0.483 e. The van der Waals surface area contributed by atoms with E-state index in [-0.39, 0.29) is 12.0 Å². The fourth-order valence-electron chi connectivity index (χ4n) is 3.18. The van der Waals surface area contributed by atoms with Crippen LogP contribution in [0.3, 0.4) is 0 Å². The molecule has 1 aromatic heterocycles. The molecular weight excluding hydrogens is 510 g/mol. The number of aryl methyl sites for hydroxylation is 1. The normalized spacial score (nSPS) is 35.6. The van der Waals surface area contributed by atoms with Crippen LogP contribution in [0.15, 0.2) is 15.8 Å². The number of phosphoric acid groups is 2. The highest BCUT2D eigenvalue weighted by atomic mass is 31.3. The monoisotopic (exact) mass is 534 g/mol. The third kappa shape index (κ3) is 6.47. The van der Waals surface area contributed by atoms with Crippen molar-refractivity contribution >= 4 is 15.6 Å². The third-order valence-electron chi connectivity index (χ3n) is 4.96. The molecule has 2 saturated heterocycles. The molecule has 2 fully saturated rings. The molecule has 7 N–H and O–H groups in total. The molecule has 194 valence electrons. The van der Waals surface area contributed by atoms with Crippen molar-refractivity contribution in [1.82, 2.24) is 9.55 Å². The van der Waals surface area contributed by atoms with Crippen LogP contribution in [0.1, 0.15) is 18.2 Å². The number of nitrogens with zero attached hydrogens (tertiary/aromatic N) is 1. The van der Waals surface area contributed by atoms with Gasteiger partial charge in [0.05, 0.1) is 19.3 Å². The number of ether oxygens (including phenoxy) is 2. The molecule has 0 bridgehead atoms. The van der Waals surface area contributed by atoms with Crippen LogP contribution in [-0.2, 0) is 32.0 Å². The lowest BCUT2D eigenvalue weighted by atomic mass is 10.1. The molecule has 0 aromatic carbocycles. The van der Waals surface area contributed by atoms with Crippen LogP contribution in [-0.4, -0.2) is 89.8 Å². The van der Waals surface area contributed by atoms with Gasteiger partial charge in [-0.1, -0.05) is 0 Å². The number of aliphatic hydroxyl groups excluding tert-OH is 4. The van der Waals surface area contributed by atoms with E-state index in [9.17, 15) is 48.9 Å². The average Bonchev–Trinajstić information content (AvgIpc) is 3.09. The minimum Gasteiger partial charge on any atom is -0.390 e. The van der Waals surface area contributed by atoms with Crippen LogP contribution in [0.2, 0.25) is 0 Å². The minimum atomic E-state index is -5.42. The van der Waals surface area contributed by atoms with Gasteiger partial charge in [-0.2, -0.15) is 4.31 Å². The van der Waals surface area contributed by atoms with Crippen LogP contribution in [0, 0.1) is 6.92 Å². The van der Waals surface area contributed by atoms with Crippen molar-refractivity contribution < 1.29 is 62.2 Å². The molecule has 3 heterocycles. The standard InChI is InChI=1S/C15H24N2O15P2/c1-6-3-17(15(23)16-13(6)22)10-2-7(18)9(30-10)5-29-33(24,25)32-34(26,27)31-14-12(21)11(20)8(19)4-28-14/h3,7-12,14,18-21H,2,4-5H2,1H3,(H,24,25)(H,26,27)(H,16,22,23). The fourth-order valence-corrected chi connectivity index (χ4v) is 5.35. The topological polar surface area (TPSA) is 257 Å². The van der Waals surface area contributed by atoms with Gasteiger partial charge in [0.2, 0.25) is 0 Å².